The molecule has 5 rings (SSSR count). The van der Waals surface area contributed by atoms with Crippen LogP contribution in [0, 0.1) is 0 Å². The lowest BCUT2D eigenvalue weighted by molar-refractivity contribution is -0.180. The monoisotopic (exact) mass is 481 g/mol. The van der Waals surface area contributed by atoms with Crippen molar-refractivity contribution < 1.29 is 28.7 Å². The summed E-state index contributed by atoms with van der Waals surface area (Å²) in [5, 5.41) is 2.29. The number of nitrogens with zero attached hydrogens (tertiary/aromatic N) is 1. The molecule has 2 aromatic carbocycles. The Morgan fingerprint density at radius 2 is 1.79 bits per heavy atom. The van der Waals surface area contributed by atoms with E-state index in [1.165, 1.54) is 16.7 Å². The van der Waals surface area contributed by atoms with Crippen LogP contribution in [0.2, 0.25) is 0 Å². The first-order chi connectivity index (χ1) is 16.2. The summed E-state index contributed by atoms with van der Waals surface area (Å²) in [6, 6.07) is 12.9. The van der Waals surface area contributed by atoms with Crippen molar-refractivity contribution >= 4 is 35.5 Å². The molecule has 10 heteroatoms. The Balaban J connectivity index is 1.28. The summed E-state index contributed by atoms with van der Waals surface area (Å²) < 4.78 is 10.1. The molecule has 2 fully saturated rings. The molecule has 0 aromatic heterocycles. The number of amides is 2. The number of thioether (sulfide) groups is 1. The third kappa shape index (κ3) is 3.54. The summed E-state index contributed by atoms with van der Waals surface area (Å²) >= 11 is 1.40. The maximum absolute atomic E-state index is 13.2. The summed E-state index contributed by atoms with van der Waals surface area (Å²) in [7, 11) is 0. The number of hydrogen-bond donors (Lipinski definition) is 2. The maximum atomic E-state index is 13.2. The van der Waals surface area contributed by atoms with Gasteiger partial charge in [0, 0.05) is 10.3 Å². The van der Waals surface area contributed by atoms with Gasteiger partial charge in [0.2, 0.25) is 11.8 Å². The zero-order chi connectivity index (χ0) is 24.2. The number of nitrogens with two attached hydrogens (primary N) is 1. The van der Waals surface area contributed by atoms with Crippen LogP contribution in [0.25, 0.3) is 0 Å². The third-order valence-corrected chi connectivity index (χ3v) is 7.85. The van der Waals surface area contributed by atoms with Crippen molar-refractivity contribution in [2.24, 2.45) is 5.73 Å². The molecular formula is C24H23N3O6S. The number of nitrogens with one attached hydrogen (secondary N) is 1. The topological polar surface area (TPSA) is 128 Å². The van der Waals surface area contributed by atoms with E-state index in [2.05, 4.69) is 5.32 Å². The zero-order valence-corrected chi connectivity index (χ0v) is 19.3. The number of fused-ring (bicyclic) bond motifs is 2. The van der Waals surface area contributed by atoms with E-state index in [-0.39, 0.29) is 5.91 Å². The van der Waals surface area contributed by atoms with E-state index in [4.69, 9.17) is 15.2 Å². The second kappa shape index (κ2) is 8.14. The SMILES string of the molecule is CC1(C)SC2[C@H](NC(=O)[C@H](N)c3ccccc3)C(=O)N2[C@H]1C(=O)OC1OC(=O)c2ccccc21. The highest BCUT2D eigenvalue weighted by atomic mass is 32.2. The molecule has 9 nitrogen and oxygen atoms in total. The fraction of sp³-hybridized carbons (Fsp3) is 0.333. The number of esters is 2. The minimum atomic E-state index is -1.16. The Morgan fingerprint density at radius 1 is 1.12 bits per heavy atom. The van der Waals surface area contributed by atoms with Gasteiger partial charge in [0.15, 0.2) is 0 Å². The van der Waals surface area contributed by atoms with Crippen molar-refractivity contribution in [3.8, 4) is 0 Å². The molecule has 2 saturated heterocycles. The second-order valence-corrected chi connectivity index (χ2v) is 10.7. The van der Waals surface area contributed by atoms with Crippen LogP contribution in [0.3, 0.4) is 0 Å². The quantitative estimate of drug-likeness (QED) is 0.487. The van der Waals surface area contributed by atoms with Crippen LogP contribution in [-0.4, -0.2) is 50.9 Å². The largest absolute Gasteiger partial charge is 0.419 e. The van der Waals surface area contributed by atoms with E-state index in [1.54, 1.807) is 48.5 Å². The number of carbonyl (C=O) groups excluding carboxylic acids is 4. The molecule has 2 unspecified atom stereocenters. The smallest absolute Gasteiger partial charge is 0.342 e. The Bertz CT molecular complexity index is 1190. The Kier molecular flexibility index (Phi) is 5.37. The molecular weight excluding hydrogens is 458 g/mol. The van der Waals surface area contributed by atoms with Crippen molar-refractivity contribution in [1.82, 2.24) is 10.2 Å². The van der Waals surface area contributed by atoms with Gasteiger partial charge >= 0.3 is 11.9 Å². The van der Waals surface area contributed by atoms with E-state index in [0.29, 0.717) is 16.7 Å². The van der Waals surface area contributed by atoms with Crippen LogP contribution in [0.4, 0.5) is 0 Å². The van der Waals surface area contributed by atoms with Crippen LogP contribution in [0.1, 0.15) is 47.7 Å². The second-order valence-electron chi connectivity index (χ2n) is 8.90. The van der Waals surface area contributed by atoms with Gasteiger partial charge in [-0.15, -0.1) is 11.8 Å². The summed E-state index contributed by atoms with van der Waals surface area (Å²) in [6.07, 6.45) is -1.16. The van der Waals surface area contributed by atoms with Gasteiger partial charge in [0.1, 0.15) is 23.5 Å². The highest BCUT2D eigenvalue weighted by molar-refractivity contribution is 8.01. The molecule has 5 atom stereocenters. The standard InChI is InChI=1S/C24H23N3O6S/c1-24(2)17(22(31)33-23-14-11-7-6-10-13(14)21(30)32-23)27-19(29)16(20(27)34-24)26-18(28)15(25)12-8-4-3-5-9-12/h3-11,15-17,20,23H,25H2,1-2H3,(H,26,28)/t15-,16-,17+,20?,23?/m1/s1. The lowest BCUT2D eigenvalue weighted by Gasteiger charge is -2.44. The van der Waals surface area contributed by atoms with Gasteiger partial charge in [0.05, 0.1) is 5.56 Å². The number of β-lactam (4-membered cyclic amide) rings is 1. The molecule has 0 aliphatic carbocycles. The van der Waals surface area contributed by atoms with Gasteiger partial charge < -0.3 is 25.4 Å². The number of rotatable bonds is 5. The molecule has 3 N–H and O–H groups in total. The molecule has 3 aliphatic rings. The number of cyclic esters (lactones) is 1. The average molecular weight is 482 g/mol. The Hall–Kier alpha value is -3.37. The molecule has 0 spiro atoms. The third-order valence-electron chi connectivity index (χ3n) is 6.28. The van der Waals surface area contributed by atoms with Crippen LogP contribution < -0.4 is 11.1 Å². The van der Waals surface area contributed by atoms with Crippen LogP contribution >= 0.6 is 11.8 Å². The first kappa shape index (κ1) is 22.4. The van der Waals surface area contributed by atoms with Crippen LogP contribution in [-0.2, 0) is 23.9 Å². The minimum Gasteiger partial charge on any atom is -0.419 e. The number of ether oxygens (including phenoxy) is 2. The molecule has 0 saturated carbocycles. The Morgan fingerprint density at radius 3 is 2.53 bits per heavy atom. The molecule has 2 amide bonds. The van der Waals surface area contributed by atoms with E-state index >= 15 is 0 Å². The summed E-state index contributed by atoms with van der Waals surface area (Å²) in [5.41, 5.74) is 7.51. The maximum Gasteiger partial charge on any atom is 0.342 e. The lowest BCUT2D eigenvalue weighted by atomic mass is 9.95. The molecule has 176 valence electrons. The van der Waals surface area contributed by atoms with Gasteiger partial charge in [-0.2, -0.15) is 0 Å². The van der Waals surface area contributed by atoms with E-state index < -0.39 is 52.4 Å². The van der Waals surface area contributed by atoms with Gasteiger partial charge in [-0.3, -0.25) is 9.59 Å². The van der Waals surface area contributed by atoms with Gasteiger partial charge in [-0.1, -0.05) is 48.5 Å². The highest BCUT2D eigenvalue weighted by Gasteiger charge is 2.65. The van der Waals surface area contributed by atoms with Gasteiger partial charge in [-0.25, -0.2) is 9.59 Å². The fourth-order valence-corrected chi connectivity index (χ4v) is 6.17. The first-order valence-corrected chi connectivity index (χ1v) is 11.7. The van der Waals surface area contributed by atoms with Gasteiger partial charge in [0.25, 0.3) is 6.29 Å². The van der Waals surface area contributed by atoms with Crippen molar-refractivity contribution in [3.05, 3.63) is 71.3 Å². The average Bonchev–Trinajstić information content (AvgIpc) is 3.28. The summed E-state index contributed by atoms with van der Waals surface area (Å²) in [6.45, 7) is 3.66. The molecule has 2 aromatic rings. The molecule has 3 aliphatic heterocycles. The predicted molar refractivity (Wildman–Crippen MR) is 122 cm³/mol. The molecule has 0 bridgehead atoms. The van der Waals surface area contributed by atoms with E-state index in [0.717, 1.165) is 0 Å². The highest BCUT2D eigenvalue weighted by Crippen LogP contribution is 2.51. The summed E-state index contributed by atoms with van der Waals surface area (Å²) in [5.74, 6) is -2.09. The van der Waals surface area contributed by atoms with Crippen molar-refractivity contribution in [1.29, 1.82) is 0 Å². The first-order valence-electron chi connectivity index (χ1n) is 10.8. The van der Waals surface area contributed by atoms with Gasteiger partial charge in [-0.05, 0) is 25.5 Å². The minimum absolute atomic E-state index is 0.343. The molecule has 0 radical (unpaired) electrons. The van der Waals surface area contributed by atoms with Crippen molar-refractivity contribution in [2.75, 3.05) is 0 Å². The number of carbonyl (C=O) groups is 4. The van der Waals surface area contributed by atoms with E-state index in [1.807, 2.05) is 19.9 Å². The zero-order valence-electron chi connectivity index (χ0n) is 18.5. The molecule has 34 heavy (non-hydrogen) atoms. The normalized spacial score (nSPS) is 27.2. The van der Waals surface area contributed by atoms with Crippen molar-refractivity contribution in [3.63, 3.8) is 0 Å². The van der Waals surface area contributed by atoms with Crippen LogP contribution in [0.15, 0.2) is 54.6 Å². The summed E-state index contributed by atoms with van der Waals surface area (Å²) in [4.78, 5) is 52.3. The fourth-order valence-electron chi connectivity index (χ4n) is 4.55. The Labute approximate surface area is 199 Å². The van der Waals surface area contributed by atoms with E-state index in [9.17, 15) is 19.2 Å². The predicted octanol–water partition coefficient (Wildman–Crippen LogP) is 1.65. The van der Waals surface area contributed by atoms with Crippen molar-refractivity contribution in [2.45, 2.75) is 48.4 Å². The van der Waals surface area contributed by atoms with Crippen LogP contribution in [0.5, 0.6) is 0 Å². The lowest BCUT2D eigenvalue weighted by Crippen LogP contribution is -2.71. The number of benzene rings is 2. The molecule has 3 heterocycles. The number of hydrogen-bond acceptors (Lipinski definition) is 8.